The molecule has 0 unspecified atom stereocenters. The van der Waals surface area contributed by atoms with Gasteiger partial charge in [0, 0.05) is 39.5 Å². The summed E-state index contributed by atoms with van der Waals surface area (Å²) in [6, 6.07) is 0.309. The van der Waals surface area contributed by atoms with Crippen LogP contribution in [0.15, 0.2) is 12.4 Å². The number of aryl methyl sites for hydroxylation is 1. The van der Waals surface area contributed by atoms with E-state index in [-0.39, 0.29) is 6.10 Å². The van der Waals surface area contributed by atoms with Gasteiger partial charge in [-0.3, -0.25) is 0 Å². The van der Waals surface area contributed by atoms with Gasteiger partial charge < -0.3 is 19.9 Å². The van der Waals surface area contributed by atoms with Crippen LogP contribution in [-0.4, -0.2) is 44.2 Å². The second-order valence-electron chi connectivity index (χ2n) is 4.81. The molecule has 0 aromatic carbocycles. The van der Waals surface area contributed by atoms with Gasteiger partial charge in [-0.05, 0) is 13.8 Å². The molecule has 2 rings (SSSR count). The summed E-state index contributed by atoms with van der Waals surface area (Å²) in [5.74, 6) is 1.96. The SMILES string of the molecule is CNc1nc(NCCc2nccn2C)nc(OC(C)C)n1. The van der Waals surface area contributed by atoms with Crippen LogP contribution in [0.4, 0.5) is 11.9 Å². The fourth-order valence-electron chi connectivity index (χ4n) is 1.73. The zero-order chi connectivity index (χ0) is 15.2. The number of anilines is 2. The molecule has 0 atom stereocenters. The summed E-state index contributed by atoms with van der Waals surface area (Å²) in [5.41, 5.74) is 0. The Morgan fingerprint density at radius 3 is 2.62 bits per heavy atom. The number of imidazole rings is 1. The third kappa shape index (κ3) is 4.30. The largest absolute Gasteiger partial charge is 0.461 e. The van der Waals surface area contributed by atoms with Crippen molar-refractivity contribution in [2.24, 2.45) is 7.05 Å². The molecule has 0 radical (unpaired) electrons. The number of aromatic nitrogens is 5. The third-order valence-electron chi connectivity index (χ3n) is 2.73. The molecule has 0 aliphatic rings. The van der Waals surface area contributed by atoms with E-state index >= 15 is 0 Å². The number of rotatable bonds is 7. The van der Waals surface area contributed by atoms with Gasteiger partial charge in [0.05, 0.1) is 6.10 Å². The van der Waals surface area contributed by atoms with Crippen molar-refractivity contribution >= 4 is 11.9 Å². The first kappa shape index (κ1) is 15.0. The van der Waals surface area contributed by atoms with E-state index in [1.54, 1.807) is 13.2 Å². The normalized spacial score (nSPS) is 10.7. The van der Waals surface area contributed by atoms with Crippen LogP contribution >= 0.6 is 0 Å². The second-order valence-corrected chi connectivity index (χ2v) is 4.81. The minimum Gasteiger partial charge on any atom is -0.461 e. The maximum Gasteiger partial charge on any atom is 0.323 e. The summed E-state index contributed by atoms with van der Waals surface area (Å²) in [6.45, 7) is 4.53. The highest BCUT2D eigenvalue weighted by Gasteiger charge is 2.08. The molecule has 0 aliphatic carbocycles. The van der Waals surface area contributed by atoms with E-state index in [4.69, 9.17) is 4.74 Å². The minimum absolute atomic E-state index is 0.0116. The standard InChI is InChI=1S/C13H21N7O/c1-9(2)21-13-18-11(14-3)17-12(19-13)16-6-5-10-15-7-8-20(10)4/h7-9H,5-6H2,1-4H3,(H2,14,16,17,18,19). The van der Waals surface area contributed by atoms with Crippen molar-refractivity contribution in [3.05, 3.63) is 18.2 Å². The Balaban J connectivity index is 2.00. The highest BCUT2D eigenvalue weighted by molar-refractivity contribution is 5.35. The molecule has 0 aliphatic heterocycles. The Bertz CT molecular complexity index is 582. The first-order valence-electron chi connectivity index (χ1n) is 6.89. The number of hydrogen-bond acceptors (Lipinski definition) is 7. The van der Waals surface area contributed by atoms with E-state index in [0.717, 1.165) is 12.2 Å². The van der Waals surface area contributed by atoms with Crippen molar-refractivity contribution < 1.29 is 4.74 Å². The lowest BCUT2D eigenvalue weighted by Crippen LogP contribution is -2.15. The molecule has 114 valence electrons. The highest BCUT2D eigenvalue weighted by Crippen LogP contribution is 2.12. The molecule has 0 amide bonds. The van der Waals surface area contributed by atoms with E-state index in [9.17, 15) is 0 Å². The molecule has 0 bridgehead atoms. The molecule has 0 saturated heterocycles. The van der Waals surface area contributed by atoms with Crippen molar-refractivity contribution in [3.8, 4) is 6.01 Å². The second kappa shape index (κ2) is 6.87. The van der Waals surface area contributed by atoms with E-state index in [1.165, 1.54) is 0 Å². The van der Waals surface area contributed by atoms with E-state index in [1.807, 2.05) is 31.7 Å². The van der Waals surface area contributed by atoms with Crippen LogP contribution in [-0.2, 0) is 13.5 Å². The van der Waals surface area contributed by atoms with Crippen LogP contribution in [0.3, 0.4) is 0 Å². The average molecular weight is 291 g/mol. The predicted molar refractivity (Wildman–Crippen MR) is 80.5 cm³/mol. The summed E-state index contributed by atoms with van der Waals surface area (Å²) in [5, 5.41) is 6.06. The summed E-state index contributed by atoms with van der Waals surface area (Å²) in [7, 11) is 3.73. The van der Waals surface area contributed by atoms with E-state index < -0.39 is 0 Å². The average Bonchev–Trinajstić information content (AvgIpc) is 2.83. The topological polar surface area (TPSA) is 89.8 Å². The zero-order valence-electron chi connectivity index (χ0n) is 12.8. The summed E-state index contributed by atoms with van der Waals surface area (Å²) in [6.07, 6.45) is 4.50. The van der Waals surface area contributed by atoms with Gasteiger partial charge in [-0.1, -0.05) is 0 Å². The molecular formula is C13H21N7O. The molecule has 2 aromatic heterocycles. The zero-order valence-corrected chi connectivity index (χ0v) is 12.8. The Morgan fingerprint density at radius 2 is 2.00 bits per heavy atom. The van der Waals surface area contributed by atoms with Gasteiger partial charge in [0.25, 0.3) is 0 Å². The molecule has 8 heteroatoms. The van der Waals surface area contributed by atoms with Gasteiger partial charge >= 0.3 is 6.01 Å². The Labute approximate surface area is 124 Å². The highest BCUT2D eigenvalue weighted by atomic mass is 16.5. The first-order valence-corrected chi connectivity index (χ1v) is 6.89. The lowest BCUT2D eigenvalue weighted by molar-refractivity contribution is 0.222. The molecule has 0 fully saturated rings. The lowest BCUT2D eigenvalue weighted by atomic mass is 10.4. The van der Waals surface area contributed by atoms with Crippen LogP contribution in [0, 0.1) is 0 Å². The molecule has 2 heterocycles. The maximum atomic E-state index is 5.51. The molecular weight excluding hydrogens is 270 g/mol. The monoisotopic (exact) mass is 291 g/mol. The van der Waals surface area contributed by atoms with Crippen LogP contribution in [0.1, 0.15) is 19.7 Å². The quantitative estimate of drug-likeness (QED) is 0.789. The summed E-state index contributed by atoms with van der Waals surface area (Å²) >= 11 is 0. The van der Waals surface area contributed by atoms with E-state index in [2.05, 4.69) is 30.6 Å². The number of ether oxygens (including phenoxy) is 1. The van der Waals surface area contributed by atoms with E-state index in [0.29, 0.717) is 24.5 Å². The lowest BCUT2D eigenvalue weighted by Gasteiger charge is -2.11. The van der Waals surface area contributed by atoms with Gasteiger partial charge in [-0.15, -0.1) is 0 Å². The Morgan fingerprint density at radius 1 is 1.24 bits per heavy atom. The third-order valence-corrected chi connectivity index (χ3v) is 2.73. The fourth-order valence-corrected chi connectivity index (χ4v) is 1.73. The summed E-state index contributed by atoms with van der Waals surface area (Å²) in [4.78, 5) is 16.9. The Hall–Kier alpha value is -2.38. The van der Waals surface area contributed by atoms with Crippen molar-refractivity contribution in [1.29, 1.82) is 0 Å². The molecule has 0 saturated carbocycles. The van der Waals surface area contributed by atoms with Gasteiger partial charge in [0.2, 0.25) is 11.9 Å². The summed E-state index contributed by atoms with van der Waals surface area (Å²) < 4.78 is 7.50. The fraction of sp³-hybridized carbons (Fsp3) is 0.538. The van der Waals surface area contributed by atoms with Crippen molar-refractivity contribution in [2.75, 3.05) is 24.2 Å². The van der Waals surface area contributed by atoms with Crippen molar-refractivity contribution in [1.82, 2.24) is 24.5 Å². The van der Waals surface area contributed by atoms with Crippen molar-refractivity contribution in [2.45, 2.75) is 26.4 Å². The molecule has 2 N–H and O–H groups in total. The van der Waals surface area contributed by atoms with Crippen molar-refractivity contribution in [3.63, 3.8) is 0 Å². The first-order chi connectivity index (χ1) is 10.1. The van der Waals surface area contributed by atoms with Gasteiger partial charge in [0.1, 0.15) is 5.82 Å². The molecule has 0 spiro atoms. The predicted octanol–water partition coefficient (Wildman–Crippen LogP) is 1.09. The minimum atomic E-state index is 0.0116. The van der Waals surface area contributed by atoms with Crippen LogP contribution in [0.2, 0.25) is 0 Å². The molecule has 21 heavy (non-hydrogen) atoms. The Kier molecular flexibility index (Phi) is 4.91. The number of hydrogen-bond donors (Lipinski definition) is 2. The maximum absolute atomic E-state index is 5.51. The van der Waals surface area contributed by atoms with Gasteiger partial charge in [0.15, 0.2) is 0 Å². The molecule has 8 nitrogen and oxygen atoms in total. The van der Waals surface area contributed by atoms with Crippen LogP contribution < -0.4 is 15.4 Å². The van der Waals surface area contributed by atoms with Gasteiger partial charge in [-0.2, -0.15) is 15.0 Å². The van der Waals surface area contributed by atoms with Crippen LogP contribution in [0.25, 0.3) is 0 Å². The van der Waals surface area contributed by atoms with Gasteiger partial charge in [-0.25, -0.2) is 4.98 Å². The number of nitrogens with one attached hydrogen (secondary N) is 2. The number of nitrogens with zero attached hydrogens (tertiary/aromatic N) is 5. The molecule has 2 aromatic rings. The van der Waals surface area contributed by atoms with Crippen LogP contribution in [0.5, 0.6) is 6.01 Å². The smallest absolute Gasteiger partial charge is 0.323 e.